The van der Waals surface area contributed by atoms with E-state index in [-0.39, 0.29) is 11.2 Å². The lowest BCUT2D eigenvalue weighted by molar-refractivity contribution is -0.0379. The first-order chi connectivity index (χ1) is 15.5. The molecule has 1 aliphatic heterocycles. The summed E-state index contributed by atoms with van der Waals surface area (Å²) in [6, 6.07) is 17.8. The Hall–Kier alpha value is -2.61. The van der Waals surface area contributed by atoms with Gasteiger partial charge in [0.25, 0.3) is 5.56 Å². The topological polar surface area (TPSA) is 53.4 Å². The number of thioether (sulfide) groups is 1. The predicted octanol–water partition coefficient (Wildman–Crippen LogP) is 5.60. The van der Waals surface area contributed by atoms with Gasteiger partial charge in [-0.15, -0.1) is 11.3 Å². The maximum Gasteiger partial charge on any atom is 0.267 e. The van der Waals surface area contributed by atoms with Crippen molar-refractivity contribution in [2.45, 2.75) is 43.4 Å². The van der Waals surface area contributed by atoms with Crippen LogP contribution in [-0.2, 0) is 23.5 Å². The molecule has 0 amide bonds. The van der Waals surface area contributed by atoms with Gasteiger partial charge in [-0.25, -0.2) is 4.98 Å². The van der Waals surface area contributed by atoms with Crippen molar-refractivity contribution in [1.82, 2.24) is 9.55 Å². The second-order valence-corrected chi connectivity index (χ2v) is 10.4. The second kappa shape index (κ2) is 8.39. The number of thiophene rings is 1. The van der Waals surface area contributed by atoms with Crippen molar-refractivity contribution in [2.24, 2.45) is 0 Å². The van der Waals surface area contributed by atoms with Crippen LogP contribution >= 0.6 is 23.1 Å². The fourth-order valence-corrected chi connectivity index (χ4v) is 6.13. The highest BCUT2D eigenvalue weighted by atomic mass is 32.2. The van der Waals surface area contributed by atoms with Crippen LogP contribution < -0.4 is 10.3 Å². The Morgan fingerprint density at radius 2 is 1.91 bits per heavy atom. The van der Waals surface area contributed by atoms with Gasteiger partial charge in [-0.1, -0.05) is 54.2 Å². The molecule has 7 heteroatoms. The first kappa shape index (κ1) is 21.2. The van der Waals surface area contributed by atoms with E-state index in [0.717, 1.165) is 21.0 Å². The van der Waals surface area contributed by atoms with Crippen LogP contribution in [0.5, 0.6) is 5.75 Å². The first-order valence-corrected chi connectivity index (χ1v) is 12.3. The number of benzene rings is 2. The standard InChI is InChI=1S/C25H24N2O3S2/c1-25(2)13-17-20(14-30-25)32-22-21(17)23(28)27(18-11-7-8-12-19(18)29-3)24(26-22)31-15-16-9-5-4-6-10-16/h4-12H,13-15H2,1-3H3. The Labute approximate surface area is 195 Å². The SMILES string of the molecule is COc1ccccc1-n1c(SCc2ccccc2)nc2sc3c(c2c1=O)CC(C)(C)OC3. The molecule has 3 heterocycles. The Morgan fingerprint density at radius 1 is 1.16 bits per heavy atom. The lowest BCUT2D eigenvalue weighted by atomic mass is 9.94. The summed E-state index contributed by atoms with van der Waals surface area (Å²) in [4.78, 5) is 20.9. The largest absolute Gasteiger partial charge is 0.495 e. The zero-order valence-electron chi connectivity index (χ0n) is 18.3. The normalized spacial score (nSPS) is 15.0. The van der Waals surface area contributed by atoms with E-state index in [1.807, 2.05) is 42.5 Å². The number of methoxy groups -OCH3 is 1. The number of hydrogen-bond acceptors (Lipinski definition) is 6. The van der Waals surface area contributed by atoms with E-state index in [2.05, 4.69) is 26.0 Å². The third-order valence-electron chi connectivity index (χ3n) is 5.61. The molecule has 0 aliphatic carbocycles. The van der Waals surface area contributed by atoms with Gasteiger partial charge in [0.15, 0.2) is 5.16 Å². The Kier molecular flexibility index (Phi) is 5.57. The molecular formula is C25H24N2O3S2. The van der Waals surface area contributed by atoms with Gasteiger partial charge in [-0.05, 0) is 37.1 Å². The van der Waals surface area contributed by atoms with Crippen LogP contribution in [0.25, 0.3) is 15.9 Å². The van der Waals surface area contributed by atoms with Gasteiger partial charge in [0.2, 0.25) is 0 Å². The van der Waals surface area contributed by atoms with Crippen molar-refractivity contribution in [3.05, 3.63) is 81.0 Å². The number of aromatic nitrogens is 2. The van der Waals surface area contributed by atoms with Crippen LogP contribution in [0.3, 0.4) is 0 Å². The van der Waals surface area contributed by atoms with Gasteiger partial charge in [0.1, 0.15) is 10.6 Å². The van der Waals surface area contributed by atoms with Gasteiger partial charge in [-0.3, -0.25) is 9.36 Å². The highest BCUT2D eigenvalue weighted by molar-refractivity contribution is 7.98. The highest BCUT2D eigenvalue weighted by Crippen LogP contribution is 2.38. The number of ether oxygens (including phenoxy) is 2. The summed E-state index contributed by atoms with van der Waals surface area (Å²) >= 11 is 3.13. The molecule has 2 aromatic heterocycles. The van der Waals surface area contributed by atoms with E-state index in [1.165, 1.54) is 5.56 Å². The van der Waals surface area contributed by atoms with Gasteiger partial charge in [0, 0.05) is 17.1 Å². The first-order valence-electron chi connectivity index (χ1n) is 10.5. The molecule has 0 atom stereocenters. The van der Waals surface area contributed by atoms with E-state index in [4.69, 9.17) is 14.5 Å². The molecule has 0 bridgehead atoms. The Morgan fingerprint density at radius 3 is 2.69 bits per heavy atom. The van der Waals surface area contributed by atoms with Crippen LogP contribution in [0.1, 0.15) is 29.9 Å². The monoisotopic (exact) mass is 464 g/mol. The van der Waals surface area contributed by atoms with Gasteiger partial charge < -0.3 is 9.47 Å². The van der Waals surface area contributed by atoms with Crippen molar-refractivity contribution in [2.75, 3.05) is 7.11 Å². The summed E-state index contributed by atoms with van der Waals surface area (Å²) in [6.07, 6.45) is 0.696. The molecule has 32 heavy (non-hydrogen) atoms. The molecule has 164 valence electrons. The van der Waals surface area contributed by atoms with E-state index in [1.54, 1.807) is 34.8 Å². The zero-order valence-corrected chi connectivity index (χ0v) is 19.9. The lowest BCUT2D eigenvalue weighted by Gasteiger charge is -2.30. The van der Waals surface area contributed by atoms with Crippen LogP contribution in [0.4, 0.5) is 0 Å². The number of rotatable bonds is 5. The molecule has 5 nitrogen and oxygen atoms in total. The summed E-state index contributed by atoms with van der Waals surface area (Å²) in [5.74, 6) is 1.36. The molecule has 0 unspecified atom stereocenters. The summed E-state index contributed by atoms with van der Waals surface area (Å²) in [5.41, 5.74) is 2.60. The molecule has 0 radical (unpaired) electrons. The molecule has 0 fully saturated rings. The zero-order chi connectivity index (χ0) is 22.3. The molecule has 0 spiro atoms. The minimum absolute atomic E-state index is 0.0507. The fourth-order valence-electron chi connectivity index (χ4n) is 4.02. The van der Waals surface area contributed by atoms with E-state index in [0.29, 0.717) is 35.0 Å². The minimum atomic E-state index is -0.302. The molecule has 4 aromatic rings. The van der Waals surface area contributed by atoms with Crippen LogP contribution in [0.2, 0.25) is 0 Å². The Balaban J connectivity index is 1.72. The number of para-hydroxylation sites is 2. The lowest BCUT2D eigenvalue weighted by Crippen LogP contribution is -2.32. The van der Waals surface area contributed by atoms with Gasteiger partial charge in [0.05, 0.1) is 30.4 Å². The minimum Gasteiger partial charge on any atom is -0.495 e. The summed E-state index contributed by atoms with van der Waals surface area (Å²) in [5, 5.41) is 1.37. The molecule has 2 aromatic carbocycles. The average Bonchev–Trinajstić information content (AvgIpc) is 3.15. The van der Waals surface area contributed by atoms with Crippen molar-refractivity contribution < 1.29 is 9.47 Å². The molecule has 0 saturated heterocycles. The molecule has 0 saturated carbocycles. The van der Waals surface area contributed by atoms with Crippen LogP contribution in [-0.4, -0.2) is 22.3 Å². The van der Waals surface area contributed by atoms with Crippen molar-refractivity contribution in [3.63, 3.8) is 0 Å². The quantitative estimate of drug-likeness (QED) is 0.284. The maximum atomic E-state index is 14.0. The Bertz CT molecular complexity index is 1340. The van der Waals surface area contributed by atoms with Gasteiger partial charge >= 0.3 is 0 Å². The van der Waals surface area contributed by atoms with Crippen molar-refractivity contribution in [1.29, 1.82) is 0 Å². The summed E-state index contributed by atoms with van der Waals surface area (Å²) in [6.45, 7) is 4.65. The van der Waals surface area contributed by atoms with Gasteiger partial charge in [-0.2, -0.15) is 0 Å². The van der Waals surface area contributed by atoms with E-state index < -0.39 is 0 Å². The smallest absolute Gasteiger partial charge is 0.267 e. The third kappa shape index (κ3) is 3.85. The van der Waals surface area contributed by atoms with Crippen LogP contribution in [0, 0.1) is 0 Å². The summed E-state index contributed by atoms with van der Waals surface area (Å²) < 4.78 is 13.3. The molecule has 0 N–H and O–H groups in total. The molecular weight excluding hydrogens is 440 g/mol. The van der Waals surface area contributed by atoms with Crippen molar-refractivity contribution in [3.8, 4) is 11.4 Å². The van der Waals surface area contributed by atoms with Crippen LogP contribution in [0.15, 0.2) is 64.5 Å². The second-order valence-electron chi connectivity index (χ2n) is 8.39. The predicted molar refractivity (Wildman–Crippen MR) is 130 cm³/mol. The number of nitrogens with zero attached hydrogens (tertiary/aromatic N) is 2. The third-order valence-corrected chi connectivity index (χ3v) is 7.72. The molecule has 1 aliphatic rings. The highest BCUT2D eigenvalue weighted by Gasteiger charge is 2.31. The molecule has 5 rings (SSSR count). The van der Waals surface area contributed by atoms with Crippen molar-refractivity contribution >= 4 is 33.3 Å². The van der Waals surface area contributed by atoms with E-state index >= 15 is 0 Å². The summed E-state index contributed by atoms with van der Waals surface area (Å²) in [7, 11) is 1.62. The van der Waals surface area contributed by atoms with E-state index in [9.17, 15) is 4.79 Å². The average molecular weight is 465 g/mol. The maximum absolute atomic E-state index is 14.0. The fraction of sp³-hybridized carbons (Fsp3) is 0.280. The number of fused-ring (bicyclic) bond motifs is 3. The number of hydrogen-bond donors (Lipinski definition) is 0.